The molecule has 3 heterocycles. The van der Waals surface area contributed by atoms with Gasteiger partial charge in [0.25, 0.3) is 0 Å². The summed E-state index contributed by atoms with van der Waals surface area (Å²) in [5, 5.41) is 8.56. The number of amides is 1. The van der Waals surface area contributed by atoms with Crippen molar-refractivity contribution in [3.8, 4) is 17.0 Å². The van der Waals surface area contributed by atoms with Crippen LogP contribution in [-0.4, -0.2) is 57.0 Å². The van der Waals surface area contributed by atoms with Gasteiger partial charge in [-0.1, -0.05) is 36.4 Å². The van der Waals surface area contributed by atoms with Crippen LogP contribution in [0.2, 0.25) is 0 Å². The summed E-state index contributed by atoms with van der Waals surface area (Å²) < 4.78 is 13.0. The lowest BCUT2D eigenvalue weighted by Gasteiger charge is -2.34. The number of rotatable bonds is 7. The Bertz CT molecular complexity index is 1480. The molecule has 3 N–H and O–H groups in total. The molecular weight excluding hydrogens is 506 g/mol. The number of ether oxygens (including phenoxy) is 2. The van der Waals surface area contributed by atoms with Crippen LogP contribution >= 0.6 is 0 Å². The zero-order valence-electron chi connectivity index (χ0n) is 22.8. The van der Waals surface area contributed by atoms with Gasteiger partial charge in [0.15, 0.2) is 5.65 Å². The Labute approximate surface area is 233 Å². The van der Waals surface area contributed by atoms with E-state index in [0.29, 0.717) is 29.0 Å². The smallest absolute Gasteiger partial charge is 0.412 e. The number of hydrogen-bond acceptors (Lipinski definition) is 8. The minimum Gasteiger partial charge on any atom is -0.495 e. The van der Waals surface area contributed by atoms with Crippen LogP contribution in [0.15, 0.2) is 54.9 Å². The number of methoxy groups -OCH3 is 1. The third kappa shape index (κ3) is 5.31. The molecule has 208 valence electrons. The zero-order valence-corrected chi connectivity index (χ0v) is 22.8. The SMILES string of the molecule is COc1cc(-c2nn(C3CCC(N4CCCC4)CC3)c3ncnc(N)c23)ccc1NC(=O)OCc1ccccc1. The topological polar surface area (TPSA) is 120 Å². The molecule has 1 saturated heterocycles. The average Bonchev–Trinajstić information content (AvgIpc) is 3.67. The van der Waals surface area contributed by atoms with E-state index in [9.17, 15) is 4.79 Å². The maximum atomic E-state index is 12.5. The largest absolute Gasteiger partial charge is 0.495 e. The first kappa shape index (κ1) is 26.1. The van der Waals surface area contributed by atoms with E-state index < -0.39 is 6.09 Å². The van der Waals surface area contributed by atoms with Gasteiger partial charge in [-0.05, 0) is 69.3 Å². The predicted octanol–water partition coefficient (Wildman–Crippen LogP) is 5.41. The minimum atomic E-state index is -0.563. The van der Waals surface area contributed by atoms with Gasteiger partial charge in [0.1, 0.15) is 30.2 Å². The van der Waals surface area contributed by atoms with Crippen molar-refractivity contribution < 1.29 is 14.3 Å². The lowest BCUT2D eigenvalue weighted by atomic mass is 9.90. The van der Waals surface area contributed by atoms with Crippen molar-refractivity contribution >= 4 is 28.6 Å². The van der Waals surface area contributed by atoms with Gasteiger partial charge in [-0.25, -0.2) is 19.4 Å². The van der Waals surface area contributed by atoms with E-state index in [1.54, 1.807) is 13.2 Å². The zero-order chi connectivity index (χ0) is 27.5. The molecule has 1 aliphatic carbocycles. The molecule has 0 unspecified atom stereocenters. The molecule has 1 saturated carbocycles. The van der Waals surface area contributed by atoms with Gasteiger partial charge in [-0.3, -0.25) is 5.32 Å². The summed E-state index contributed by atoms with van der Waals surface area (Å²) in [6.07, 6.45) is 8.01. The number of nitrogen functional groups attached to an aromatic ring is 1. The van der Waals surface area contributed by atoms with Gasteiger partial charge in [-0.15, -0.1) is 0 Å². The van der Waals surface area contributed by atoms with Crippen LogP contribution in [0.5, 0.6) is 5.75 Å². The number of nitrogens with one attached hydrogen (secondary N) is 1. The molecule has 2 aromatic carbocycles. The van der Waals surface area contributed by atoms with Gasteiger partial charge in [0.2, 0.25) is 0 Å². The van der Waals surface area contributed by atoms with Gasteiger partial charge >= 0.3 is 6.09 Å². The number of nitrogens with zero attached hydrogens (tertiary/aromatic N) is 5. The molecule has 10 nitrogen and oxygen atoms in total. The maximum absolute atomic E-state index is 12.5. The number of nitrogens with two attached hydrogens (primary N) is 1. The van der Waals surface area contributed by atoms with E-state index in [2.05, 4.69) is 20.2 Å². The molecule has 0 atom stereocenters. The molecule has 0 bridgehead atoms. The quantitative estimate of drug-likeness (QED) is 0.319. The second-order valence-electron chi connectivity index (χ2n) is 10.6. The van der Waals surface area contributed by atoms with Crippen molar-refractivity contribution in [2.45, 2.75) is 57.2 Å². The molecule has 4 aromatic rings. The first-order valence-corrected chi connectivity index (χ1v) is 14.0. The van der Waals surface area contributed by atoms with E-state index in [-0.39, 0.29) is 12.6 Å². The van der Waals surface area contributed by atoms with Crippen LogP contribution in [0.25, 0.3) is 22.3 Å². The van der Waals surface area contributed by atoms with Crippen molar-refractivity contribution in [1.29, 1.82) is 0 Å². The third-order valence-electron chi connectivity index (χ3n) is 8.11. The number of carbonyl (C=O) groups is 1. The highest BCUT2D eigenvalue weighted by atomic mass is 16.5. The van der Waals surface area contributed by atoms with Gasteiger partial charge < -0.3 is 20.1 Å². The summed E-state index contributed by atoms with van der Waals surface area (Å²) in [5.41, 5.74) is 10.0. The fourth-order valence-electron chi connectivity index (χ4n) is 6.04. The van der Waals surface area contributed by atoms with Crippen molar-refractivity contribution in [3.63, 3.8) is 0 Å². The summed E-state index contributed by atoms with van der Waals surface area (Å²) in [6.45, 7) is 2.63. The van der Waals surface area contributed by atoms with E-state index in [1.807, 2.05) is 47.1 Å². The first-order valence-electron chi connectivity index (χ1n) is 14.0. The molecule has 10 heteroatoms. The number of fused-ring (bicyclic) bond motifs is 1. The van der Waals surface area contributed by atoms with Crippen molar-refractivity contribution in [1.82, 2.24) is 24.6 Å². The van der Waals surface area contributed by atoms with Crippen LogP contribution in [0.4, 0.5) is 16.3 Å². The molecule has 1 amide bonds. The molecule has 2 fully saturated rings. The Hall–Kier alpha value is -4.18. The molecule has 0 spiro atoms. The Morgan fingerprint density at radius 1 is 1.02 bits per heavy atom. The minimum absolute atomic E-state index is 0.176. The fourth-order valence-corrected chi connectivity index (χ4v) is 6.04. The Kier molecular flexibility index (Phi) is 7.50. The van der Waals surface area contributed by atoms with Crippen molar-refractivity contribution in [2.24, 2.45) is 0 Å². The summed E-state index contributed by atoms with van der Waals surface area (Å²) >= 11 is 0. The van der Waals surface area contributed by atoms with E-state index in [4.69, 9.17) is 20.3 Å². The lowest BCUT2D eigenvalue weighted by molar-refractivity contribution is 0.155. The Morgan fingerprint density at radius 2 is 1.77 bits per heavy atom. The van der Waals surface area contributed by atoms with Crippen LogP contribution in [0.1, 0.15) is 50.1 Å². The van der Waals surface area contributed by atoms with Gasteiger partial charge in [0.05, 0.1) is 24.2 Å². The molecule has 2 aromatic heterocycles. The molecule has 6 rings (SSSR count). The highest BCUT2D eigenvalue weighted by Gasteiger charge is 2.30. The molecule has 1 aliphatic heterocycles. The first-order chi connectivity index (χ1) is 19.6. The standard InChI is InChI=1S/C30H35N7O3/c1-39-25-17-21(9-14-24(25)34-30(38)40-18-20-7-3-2-4-8-20)27-26-28(31)32-19-33-29(26)37(35-27)23-12-10-22(11-13-23)36-15-5-6-16-36/h2-4,7-9,14,17,19,22-23H,5-6,10-13,15-16,18H2,1H3,(H,34,38)(H2,31,32,33). The van der Waals surface area contributed by atoms with Crippen LogP contribution in [0, 0.1) is 0 Å². The normalized spacial score (nSPS) is 19.5. The lowest BCUT2D eigenvalue weighted by Crippen LogP contribution is -2.36. The third-order valence-corrected chi connectivity index (χ3v) is 8.11. The Balaban J connectivity index is 1.23. The van der Waals surface area contributed by atoms with Gasteiger partial charge in [-0.2, -0.15) is 5.10 Å². The van der Waals surface area contributed by atoms with E-state index in [1.165, 1.54) is 32.3 Å². The molecular formula is C30H35N7O3. The number of likely N-dealkylation sites (tertiary alicyclic amines) is 1. The fraction of sp³-hybridized carbons (Fsp3) is 0.400. The molecule has 0 radical (unpaired) electrons. The average molecular weight is 542 g/mol. The second kappa shape index (κ2) is 11.5. The summed E-state index contributed by atoms with van der Waals surface area (Å²) in [5.74, 6) is 0.876. The maximum Gasteiger partial charge on any atom is 0.412 e. The molecule has 2 aliphatic rings. The number of benzene rings is 2. The summed E-state index contributed by atoms with van der Waals surface area (Å²) in [6, 6.07) is 16.0. The number of anilines is 2. The van der Waals surface area contributed by atoms with E-state index >= 15 is 0 Å². The van der Waals surface area contributed by atoms with Gasteiger partial charge in [0, 0.05) is 11.6 Å². The second-order valence-corrected chi connectivity index (χ2v) is 10.6. The number of aromatic nitrogens is 4. The highest BCUT2D eigenvalue weighted by molar-refractivity contribution is 5.99. The number of hydrogen-bond donors (Lipinski definition) is 2. The predicted molar refractivity (Wildman–Crippen MR) is 154 cm³/mol. The van der Waals surface area contributed by atoms with Crippen LogP contribution in [-0.2, 0) is 11.3 Å². The number of carbonyl (C=O) groups excluding carboxylic acids is 1. The highest BCUT2D eigenvalue weighted by Crippen LogP contribution is 2.39. The Morgan fingerprint density at radius 3 is 2.52 bits per heavy atom. The van der Waals surface area contributed by atoms with Crippen LogP contribution in [0.3, 0.4) is 0 Å². The molecule has 40 heavy (non-hydrogen) atoms. The van der Waals surface area contributed by atoms with E-state index in [0.717, 1.165) is 47.8 Å². The van der Waals surface area contributed by atoms with Crippen molar-refractivity contribution in [3.05, 3.63) is 60.4 Å². The summed E-state index contributed by atoms with van der Waals surface area (Å²) in [4.78, 5) is 24.0. The monoisotopic (exact) mass is 541 g/mol. The summed E-state index contributed by atoms with van der Waals surface area (Å²) in [7, 11) is 1.56. The van der Waals surface area contributed by atoms with Crippen LogP contribution < -0.4 is 15.8 Å². The van der Waals surface area contributed by atoms with Crippen molar-refractivity contribution in [2.75, 3.05) is 31.2 Å².